The van der Waals surface area contributed by atoms with Gasteiger partial charge in [-0.3, -0.25) is 0 Å². The van der Waals surface area contributed by atoms with Gasteiger partial charge in [0, 0.05) is 13.1 Å². The molecule has 0 unspecified atom stereocenters. The smallest absolute Gasteiger partial charge is 0.358 e. The van der Waals surface area contributed by atoms with Crippen molar-refractivity contribution in [3.8, 4) is 0 Å². The summed E-state index contributed by atoms with van der Waals surface area (Å²) in [4.78, 5) is 13.7. The largest absolute Gasteiger partial charge is 0.461 e. The number of rotatable bonds is 3. The first-order valence-electron chi connectivity index (χ1n) is 6.46. The monoisotopic (exact) mass is 249 g/mol. The van der Waals surface area contributed by atoms with Gasteiger partial charge in [-0.1, -0.05) is 6.92 Å². The average molecular weight is 249 g/mol. The lowest BCUT2D eigenvalue weighted by Gasteiger charge is -2.31. The lowest BCUT2D eigenvalue weighted by Crippen LogP contribution is -2.35. The van der Waals surface area contributed by atoms with Crippen LogP contribution in [0.2, 0.25) is 0 Å². The Labute approximate surface area is 107 Å². The van der Waals surface area contributed by atoms with Gasteiger partial charge in [-0.05, 0) is 37.8 Å². The number of anilines is 1. The van der Waals surface area contributed by atoms with E-state index in [0.717, 1.165) is 18.9 Å². The van der Waals surface area contributed by atoms with Gasteiger partial charge >= 0.3 is 5.97 Å². The molecule has 0 bridgehead atoms. The van der Waals surface area contributed by atoms with Crippen LogP contribution in [-0.4, -0.2) is 35.9 Å². The van der Waals surface area contributed by atoms with Crippen LogP contribution in [0, 0.1) is 5.92 Å². The van der Waals surface area contributed by atoms with Crippen molar-refractivity contribution in [2.24, 2.45) is 5.92 Å². The van der Waals surface area contributed by atoms with Crippen LogP contribution >= 0.6 is 0 Å². The minimum atomic E-state index is -0.413. The number of piperidine rings is 1. The Hall–Kier alpha value is -1.65. The molecule has 1 atom stereocenters. The van der Waals surface area contributed by atoms with E-state index in [9.17, 15) is 4.79 Å². The van der Waals surface area contributed by atoms with Crippen LogP contribution in [0.25, 0.3) is 0 Å². The number of carbonyl (C=O) groups is 1. The molecule has 1 aromatic heterocycles. The summed E-state index contributed by atoms with van der Waals surface area (Å²) in [5.74, 6) is 1.11. The predicted molar refractivity (Wildman–Crippen MR) is 68.6 cm³/mol. The maximum absolute atomic E-state index is 11.4. The Bertz CT molecular complexity index is 405. The highest BCUT2D eigenvalue weighted by Gasteiger charge is 2.18. The van der Waals surface area contributed by atoms with Gasteiger partial charge in [0.2, 0.25) is 0 Å². The Morgan fingerprint density at radius 3 is 2.94 bits per heavy atom. The van der Waals surface area contributed by atoms with Gasteiger partial charge in [0.15, 0.2) is 11.5 Å². The summed E-state index contributed by atoms with van der Waals surface area (Å²) in [5.41, 5.74) is 0.269. The molecule has 0 radical (unpaired) electrons. The quantitative estimate of drug-likeness (QED) is 0.766. The summed E-state index contributed by atoms with van der Waals surface area (Å²) in [6.45, 7) is 6.39. The lowest BCUT2D eigenvalue weighted by atomic mass is 10.0. The molecular formula is C13H19N3O2. The Balaban J connectivity index is 2.05. The van der Waals surface area contributed by atoms with E-state index in [0.29, 0.717) is 12.5 Å². The number of nitrogens with zero attached hydrogens (tertiary/aromatic N) is 3. The van der Waals surface area contributed by atoms with Crippen molar-refractivity contribution in [3.63, 3.8) is 0 Å². The molecule has 98 valence electrons. The van der Waals surface area contributed by atoms with Crippen LogP contribution in [0.3, 0.4) is 0 Å². The highest BCUT2D eigenvalue weighted by Crippen LogP contribution is 2.20. The molecule has 0 spiro atoms. The maximum atomic E-state index is 11.4. The molecule has 2 heterocycles. The van der Waals surface area contributed by atoms with Gasteiger partial charge in [-0.2, -0.15) is 0 Å². The van der Waals surface area contributed by atoms with E-state index in [1.165, 1.54) is 12.8 Å². The third-order valence-corrected chi connectivity index (χ3v) is 3.12. The van der Waals surface area contributed by atoms with E-state index < -0.39 is 5.97 Å². The molecule has 5 nitrogen and oxygen atoms in total. The minimum Gasteiger partial charge on any atom is -0.461 e. The van der Waals surface area contributed by atoms with E-state index in [1.54, 1.807) is 13.0 Å². The van der Waals surface area contributed by atoms with Crippen molar-refractivity contribution in [2.75, 3.05) is 24.6 Å². The van der Waals surface area contributed by atoms with Gasteiger partial charge in [0.1, 0.15) is 0 Å². The fourth-order valence-corrected chi connectivity index (χ4v) is 2.21. The molecule has 1 aliphatic rings. The van der Waals surface area contributed by atoms with E-state index in [-0.39, 0.29) is 5.69 Å². The molecule has 1 aliphatic heterocycles. The van der Waals surface area contributed by atoms with Crippen LogP contribution in [0.4, 0.5) is 5.82 Å². The zero-order valence-electron chi connectivity index (χ0n) is 10.9. The van der Waals surface area contributed by atoms with E-state index >= 15 is 0 Å². The molecular weight excluding hydrogens is 230 g/mol. The molecule has 18 heavy (non-hydrogen) atoms. The topological polar surface area (TPSA) is 55.3 Å². The average Bonchev–Trinajstić information content (AvgIpc) is 2.39. The molecule has 1 fully saturated rings. The summed E-state index contributed by atoms with van der Waals surface area (Å²) >= 11 is 0. The second kappa shape index (κ2) is 5.80. The Morgan fingerprint density at radius 2 is 2.33 bits per heavy atom. The van der Waals surface area contributed by atoms with Crippen molar-refractivity contribution in [1.82, 2.24) is 10.2 Å². The molecule has 0 aromatic carbocycles. The van der Waals surface area contributed by atoms with Crippen LogP contribution < -0.4 is 4.90 Å². The first-order chi connectivity index (χ1) is 8.70. The maximum Gasteiger partial charge on any atom is 0.358 e. The zero-order valence-corrected chi connectivity index (χ0v) is 10.9. The van der Waals surface area contributed by atoms with Gasteiger partial charge in [0.25, 0.3) is 0 Å². The number of hydrogen-bond donors (Lipinski definition) is 0. The molecule has 5 heteroatoms. The van der Waals surface area contributed by atoms with Gasteiger partial charge < -0.3 is 9.64 Å². The van der Waals surface area contributed by atoms with Gasteiger partial charge in [0.05, 0.1) is 6.61 Å². The minimum absolute atomic E-state index is 0.269. The second-order valence-corrected chi connectivity index (χ2v) is 4.69. The molecule has 0 amide bonds. The molecule has 1 aromatic rings. The fourth-order valence-electron chi connectivity index (χ4n) is 2.21. The first kappa shape index (κ1) is 12.8. The number of ether oxygens (including phenoxy) is 1. The molecule has 1 saturated heterocycles. The van der Waals surface area contributed by atoms with Crippen molar-refractivity contribution in [3.05, 3.63) is 17.8 Å². The van der Waals surface area contributed by atoms with Crippen molar-refractivity contribution in [2.45, 2.75) is 26.7 Å². The predicted octanol–water partition coefficient (Wildman–Crippen LogP) is 1.89. The third-order valence-electron chi connectivity index (χ3n) is 3.12. The SMILES string of the molecule is CCOC(=O)c1ccc(N2CCC[C@@H](C)C2)nn1. The Morgan fingerprint density at radius 1 is 1.50 bits per heavy atom. The Kier molecular flexibility index (Phi) is 4.12. The van der Waals surface area contributed by atoms with Crippen LogP contribution in [-0.2, 0) is 4.74 Å². The summed E-state index contributed by atoms with van der Waals surface area (Å²) in [6, 6.07) is 3.52. The van der Waals surface area contributed by atoms with Crippen molar-refractivity contribution < 1.29 is 9.53 Å². The second-order valence-electron chi connectivity index (χ2n) is 4.69. The summed E-state index contributed by atoms with van der Waals surface area (Å²) in [6.07, 6.45) is 2.45. The number of carbonyl (C=O) groups excluding carboxylic acids is 1. The third kappa shape index (κ3) is 2.97. The van der Waals surface area contributed by atoms with E-state index in [1.807, 2.05) is 6.07 Å². The molecule has 0 aliphatic carbocycles. The summed E-state index contributed by atoms with van der Waals surface area (Å²) in [5, 5.41) is 8.05. The number of esters is 1. The van der Waals surface area contributed by atoms with Gasteiger partial charge in [-0.15, -0.1) is 10.2 Å². The number of hydrogen-bond acceptors (Lipinski definition) is 5. The first-order valence-corrected chi connectivity index (χ1v) is 6.46. The summed E-state index contributed by atoms with van der Waals surface area (Å²) < 4.78 is 4.88. The number of aromatic nitrogens is 2. The normalized spacial score (nSPS) is 19.7. The van der Waals surface area contributed by atoms with Crippen molar-refractivity contribution >= 4 is 11.8 Å². The lowest BCUT2D eigenvalue weighted by molar-refractivity contribution is 0.0518. The van der Waals surface area contributed by atoms with E-state index in [2.05, 4.69) is 22.0 Å². The van der Waals surface area contributed by atoms with Crippen LogP contribution in [0.5, 0.6) is 0 Å². The summed E-state index contributed by atoms with van der Waals surface area (Å²) in [7, 11) is 0. The fraction of sp³-hybridized carbons (Fsp3) is 0.615. The van der Waals surface area contributed by atoms with Crippen molar-refractivity contribution in [1.29, 1.82) is 0 Å². The molecule has 2 rings (SSSR count). The highest BCUT2D eigenvalue weighted by molar-refractivity contribution is 5.87. The zero-order chi connectivity index (χ0) is 13.0. The van der Waals surface area contributed by atoms with Crippen LogP contribution in [0.15, 0.2) is 12.1 Å². The molecule has 0 N–H and O–H groups in total. The van der Waals surface area contributed by atoms with Gasteiger partial charge in [-0.25, -0.2) is 4.79 Å². The van der Waals surface area contributed by atoms with E-state index in [4.69, 9.17) is 4.74 Å². The van der Waals surface area contributed by atoms with Crippen LogP contribution in [0.1, 0.15) is 37.2 Å². The standard InChI is InChI=1S/C13H19N3O2/c1-3-18-13(17)11-6-7-12(15-14-11)16-8-4-5-10(2)9-16/h6-7,10H,3-5,8-9H2,1-2H3/t10-/m1/s1. The highest BCUT2D eigenvalue weighted by atomic mass is 16.5. The molecule has 0 saturated carbocycles.